The molecule has 2 aromatic carbocycles. The summed E-state index contributed by atoms with van der Waals surface area (Å²) in [6.07, 6.45) is -2.51. The maximum atomic E-state index is 13.7. The smallest absolute Gasteiger partial charge is 0.548 e. The third-order valence-electron chi connectivity index (χ3n) is 6.08. The van der Waals surface area contributed by atoms with E-state index in [1.54, 1.807) is 0 Å². The third-order valence-corrected chi connectivity index (χ3v) is 7.95. The SMILES string of the molecule is N#Cc1cn(CC(=O)[O-])cc1-c1cc(C(F)(F)F)cc(S(=O)(=O)N2CCN(Cc3ccccc3)CC2)c1.[Na+]. The van der Waals surface area contributed by atoms with Crippen molar-refractivity contribution in [1.82, 2.24) is 13.8 Å². The summed E-state index contributed by atoms with van der Waals surface area (Å²) in [6, 6.07) is 13.9. The summed E-state index contributed by atoms with van der Waals surface area (Å²) in [4.78, 5) is 12.5. The first-order valence-electron chi connectivity index (χ1n) is 11.3. The Morgan fingerprint density at radius 1 is 1.03 bits per heavy atom. The number of piperazine rings is 1. The Bertz CT molecular complexity index is 1450. The summed E-state index contributed by atoms with van der Waals surface area (Å²) in [5.41, 5.74) is -0.398. The van der Waals surface area contributed by atoms with E-state index in [1.807, 2.05) is 36.4 Å². The first-order chi connectivity index (χ1) is 17.5. The molecule has 1 aliphatic heterocycles. The first-order valence-corrected chi connectivity index (χ1v) is 12.7. The van der Waals surface area contributed by atoms with Gasteiger partial charge < -0.3 is 14.5 Å². The van der Waals surface area contributed by atoms with Crippen molar-refractivity contribution < 1.29 is 61.0 Å². The van der Waals surface area contributed by atoms with E-state index in [1.165, 1.54) is 6.20 Å². The van der Waals surface area contributed by atoms with Gasteiger partial charge in [0.05, 0.1) is 28.5 Å². The fraction of sp³-hybridized carbons (Fsp3) is 0.280. The fourth-order valence-corrected chi connectivity index (χ4v) is 5.75. The molecular formula is C25H22F3N4NaO4S. The molecule has 0 spiro atoms. The number of carbonyl (C=O) groups excluding carboxylic acids is 1. The quantitative estimate of drug-likeness (QED) is 0.358. The van der Waals surface area contributed by atoms with Crippen molar-refractivity contribution in [2.75, 3.05) is 26.2 Å². The monoisotopic (exact) mass is 554 g/mol. The predicted octanol–water partition coefficient (Wildman–Crippen LogP) is -0.694. The molecular weight excluding hydrogens is 532 g/mol. The number of hydrogen-bond acceptors (Lipinski definition) is 6. The van der Waals surface area contributed by atoms with Crippen LogP contribution in [0.2, 0.25) is 0 Å². The molecule has 0 radical (unpaired) electrons. The summed E-state index contributed by atoms with van der Waals surface area (Å²) >= 11 is 0. The van der Waals surface area contributed by atoms with Crippen molar-refractivity contribution >= 4 is 16.0 Å². The Kier molecular flexibility index (Phi) is 9.46. The first kappa shape index (κ1) is 29.9. The molecule has 3 aromatic rings. The van der Waals surface area contributed by atoms with E-state index in [-0.39, 0.29) is 59.3 Å². The second-order valence-corrected chi connectivity index (χ2v) is 10.6. The zero-order valence-electron chi connectivity index (χ0n) is 20.5. The van der Waals surface area contributed by atoms with E-state index in [0.29, 0.717) is 25.7 Å². The number of sulfonamides is 1. The molecule has 1 aromatic heterocycles. The van der Waals surface area contributed by atoms with Gasteiger partial charge in [0, 0.05) is 50.7 Å². The molecule has 1 saturated heterocycles. The number of carboxylic acids is 1. The van der Waals surface area contributed by atoms with Gasteiger partial charge in [-0.3, -0.25) is 4.90 Å². The minimum absolute atomic E-state index is 0. The number of rotatable bonds is 7. The Balaban J connectivity index is 0.00000400. The summed E-state index contributed by atoms with van der Waals surface area (Å²) in [6.45, 7) is 1.03. The molecule has 0 unspecified atom stereocenters. The average Bonchev–Trinajstić information content (AvgIpc) is 3.26. The molecule has 8 nitrogen and oxygen atoms in total. The minimum Gasteiger partial charge on any atom is -0.548 e. The molecule has 0 atom stereocenters. The van der Waals surface area contributed by atoms with E-state index in [2.05, 4.69) is 4.90 Å². The average molecular weight is 555 g/mol. The molecule has 0 amide bonds. The molecule has 13 heteroatoms. The van der Waals surface area contributed by atoms with Gasteiger partial charge in [0.2, 0.25) is 10.0 Å². The molecule has 0 N–H and O–H groups in total. The van der Waals surface area contributed by atoms with Gasteiger partial charge in [-0.05, 0) is 29.3 Å². The summed E-state index contributed by atoms with van der Waals surface area (Å²) in [5, 5.41) is 20.4. The third kappa shape index (κ3) is 6.85. The summed E-state index contributed by atoms with van der Waals surface area (Å²) < 4.78 is 70.3. The Morgan fingerprint density at radius 3 is 2.26 bits per heavy atom. The molecule has 0 bridgehead atoms. The molecule has 2 heterocycles. The number of carboxylic acid groups (broad SMARTS) is 1. The zero-order chi connectivity index (χ0) is 26.8. The van der Waals surface area contributed by atoms with Crippen LogP contribution in [0.15, 0.2) is 65.8 Å². The summed E-state index contributed by atoms with van der Waals surface area (Å²) in [5.74, 6) is -1.45. The van der Waals surface area contributed by atoms with Gasteiger partial charge in [-0.25, -0.2) is 8.42 Å². The van der Waals surface area contributed by atoms with Crippen molar-refractivity contribution in [3.05, 3.63) is 77.6 Å². The van der Waals surface area contributed by atoms with Crippen molar-refractivity contribution in [1.29, 1.82) is 5.26 Å². The fourth-order valence-electron chi connectivity index (χ4n) is 4.25. The Morgan fingerprint density at radius 2 is 1.68 bits per heavy atom. The van der Waals surface area contributed by atoms with Crippen LogP contribution >= 0.6 is 0 Å². The van der Waals surface area contributed by atoms with Gasteiger partial charge in [-0.1, -0.05) is 30.3 Å². The number of benzene rings is 2. The van der Waals surface area contributed by atoms with E-state index in [9.17, 15) is 36.8 Å². The maximum Gasteiger partial charge on any atom is 1.00 e. The Labute approximate surface area is 240 Å². The second kappa shape index (κ2) is 12.0. The van der Waals surface area contributed by atoms with Gasteiger partial charge in [0.15, 0.2) is 0 Å². The topological polar surface area (TPSA) is 109 Å². The van der Waals surface area contributed by atoms with Crippen molar-refractivity contribution in [3.63, 3.8) is 0 Å². The molecule has 0 aliphatic carbocycles. The minimum atomic E-state index is -4.85. The molecule has 38 heavy (non-hydrogen) atoms. The number of nitriles is 1. The van der Waals surface area contributed by atoms with Crippen LogP contribution in [0.1, 0.15) is 16.7 Å². The normalized spacial score (nSPS) is 15.0. The van der Waals surface area contributed by atoms with Crippen LogP contribution < -0.4 is 34.7 Å². The van der Waals surface area contributed by atoms with Crippen molar-refractivity contribution in [3.8, 4) is 17.2 Å². The number of carbonyl (C=O) groups is 1. The van der Waals surface area contributed by atoms with E-state index in [4.69, 9.17) is 0 Å². The number of alkyl halides is 3. The number of aliphatic carboxylic acids is 1. The number of hydrogen-bond donors (Lipinski definition) is 0. The predicted molar refractivity (Wildman–Crippen MR) is 125 cm³/mol. The molecule has 194 valence electrons. The van der Waals surface area contributed by atoms with Gasteiger partial charge in [-0.15, -0.1) is 0 Å². The van der Waals surface area contributed by atoms with Gasteiger partial charge in [-0.2, -0.15) is 22.7 Å². The van der Waals surface area contributed by atoms with Crippen LogP contribution in [0.4, 0.5) is 13.2 Å². The largest absolute Gasteiger partial charge is 1.00 e. The number of aromatic nitrogens is 1. The van der Waals surface area contributed by atoms with Gasteiger partial charge in [0.1, 0.15) is 6.07 Å². The second-order valence-electron chi connectivity index (χ2n) is 8.65. The summed E-state index contributed by atoms with van der Waals surface area (Å²) in [7, 11) is -4.29. The molecule has 1 aliphatic rings. The van der Waals surface area contributed by atoms with E-state index in [0.717, 1.165) is 32.8 Å². The van der Waals surface area contributed by atoms with Crippen LogP contribution in [-0.4, -0.2) is 54.3 Å². The maximum absolute atomic E-state index is 13.7. The molecule has 0 saturated carbocycles. The van der Waals surface area contributed by atoms with Crippen LogP contribution in [-0.2, 0) is 34.1 Å². The van der Waals surface area contributed by atoms with Crippen LogP contribution in [0.3, 0.4) is 0 Å². The van der Waals surface area contributed by atoms with Gasteiger partial charge >= 0.3 is 35.7 Å². The Hall–Kier alpha value is -2.66. The number of nitrogens with zero attached hydrogens (tertiary/aromatic N) is 4. The van der Waals surface area contributed by atoms with Crippen molar-refractivity contribution in [2.45, 2.75) is 24.2 Å². The molecule has 1 fully saturated rings. The van der Waals surface area contributed by atoms with Crippen LogP contribution in [0.5, 0.6) is 0 Å². The van der Waals surface area contributed by atoms with Gasteiger partial charge in [0.25, 0.3) is 0 Å². The molecule has 4 rings (SSSR count). The van der Waals surface area contributed by atoms with Crippen molar-refractivity contribution in [2.24, 2.45) is 0 Å². The zero-order valence-corrected chi connectivity index (χ0v) is 23.3. The number of halogens is 3. The van der Waals surface area contributed by atoms with Crippen LogP contribution in [0, 0.1) is 11.3 Å². The standard InChI is InChI=1S/C25H23F3N4O4S.Na/c26-25(27,28)21-10-19(23-16-31(17-24(33)34)15-20(23)13-29)11-22(12-21)37(35,36)32-8-6-30(7-9-32)14-18-4-2-1-3-5-18;/h1-5,10-12,15-16H,6-9,14,17H2,(H,33,34);/q;+1/p-1. The van der Waals surface area contributed by atoms with E-state index >= 15 is 0 Å². The van der Waals surface area contributed by atoms with Crippen LogP contribution in [0.25, 0.3) is 11.1 Å². The van der Waals surface area contributed by atoms with E-state index < -0.39 is 39.2 Å².